The van der Waals surface area contributed by atoms with E-state index in [0.717, 1.165) is 5.56 Å². The lowest BCUT2D eigenvalue weighted by atomic mass is 10.1. The smallest absolute Gasteiger partial charge is 0.342 e. The van der Waals surface area contributed by atoms with Crippen molar-refractivity contribution in [3.8, 4) is 0 Å². The van der Waals surface area contributed by atoms with Crippen LogP contribution in [0.25, 0.3) is 12.2 Å². The van der Waals surface area contributed by atoms with Crippen LogP contribution in [0, 0.1) is 10.1 Å². The number of carboxylic acid groups (broad SMARTS) is 1. The molecule has 0 aliphatic heterocycles. The Kier molecular flexibility index (Phi) is 3.91. The van der Waals surface area contributed by atoms with Gasteiger partial charge in [-0.3, -0.25) is 10.1 Å². The van der Waals surface area contributed by atoms with E-state index >= 15 is 0 Å². The van der Waals surface area contributed by atoms with Crippen LogP contribution in [0.4, 0.5) is 5.69 Å². The van der Waals surface area contributed by atoms with Gasteiger partial charge in [0, 0.05) is 6.07 Å². The summed E-state index contributed by atoms with van der Waals surface area (Å²) in [5.74, 6) is -1.31. The number of carbonyl (C=O) groups is 1. The van der Waals surface area contributed by atoms with Crippen molar-refractivity contribution in [3.63, 3.8) is 0 Å². The number of nitrogens with zero attached hydrogens (tertiary/aromatic N) is 1. The summed E-state index contributed by atoms with van der Waals surface area (Å²) < 4.78 is 0. The zero-order chi connectivity index (χ0) is 14.5. The molecule has 5 nitrogen and oxygen atoms in total. The van der Waals surface area contributed by atoms with Gasteiger partial charge in [0.2, 0.25) is 0 Å². The molecule has 0 unspecified atom stereocenters. The summed E-state index contributed by atoms with van der Waals surface area (Å²) in [7, 11) is 0. The molecule has 0 bridgehead atoms. The molecule has 100 valence electrons. The first-order valence-electron chi connectivity index (χ1n) is 5.83. The number of benzene rings is 2. The van der Waals surface area contributed by atoms with E-state index in [0.29, 0.717) is 5.56 Å². The zero-order valence-corrected chi connectivity index (χ0v) is 10.4. The van der Waals surface area contributed by atoms with Gasteiger partial charge in [-0.15, -0.1) is 0 Å². The Bertz CT molecular complexity index is 678. The number of hydrogen-bond acceptors (Lipinski definition) is 3. The summed E-state index contributed by atoms with van der Waals surface area (Å²) in [6.45, 7) is 0. The monoisotopic (exact) mass is 269 g/mol. The highest BCUT2D eigenvalue weighted by atomic mass is 16.6. The minimum atomic E-state index is -1.31. The lowest BCUT2D eigenvalue weighted by molar-refractivity contribution is -0.385. The van der Waals surface area contributed by atoms with Gasteiger partial charge in [0.1, 0.15) is 5.56 Å². The van der Waals surface area contributed by atoms with Crippen molar-refractivity contribution in [1.29, 1.82) is 0 Å². The summed E-state index contributed by atoms with van der Waals surface area (Å²) in [5.41, 5.74) is 0.808. The van der Waals surface area contributed by atoms with Crippen molar-refractivity contribution in [3.05, 3.63) is 75.3 Å². The molecule has 0 saturated carbocycles. The number of rotatable bonds is 4. The molecular weight excluding hydrogens is 258 g/mol. The van der Waals surface area contributed by atoms with Crippen LogP contribution < -0.4 is 0 Å². The fourth-order valence-corrected chi connectivity index (χ4v) is 1.74. The molecule has 5 heteroatoms. The highest BCUT2D eigenvalue weighted by Gasteiger charge is 2.19. The maximum atomic E-state index is 10.9. The molecule has 0 aliphatic rings. The van der Waals surface area contributed by atoms with Crippen molar-refractivity contribution < 1.29 is 14.8 Å². The molecule has 2 aromatic rings. The second-order valence-electron chi connectivity index (χ2n) is 4.08. The molecule has 0 aromatic heterocycles. The Balaban J connectivity index is 2.35. The van der Waals surface area contributed by atoms with Crippen LogP contribution >= 0.6 is 0 Å². The van der Waals surface area contributed by atoms with E-state index in [-0.39, 0.29) is 5.56 Å². The first-order chi connectivity index (χ1) is 9.58. The van der Waals surface area contributed by atoms with E-state index < -0.39 is 16.6 Å². The number of carboxylic acids is 1. The van der Waals surface area contributed by atoms with Gasteiger partial charge in [-0.2, -0.15) is 0 Å². The van der Waals surface area contributed by atoms with Gasteiger partial charge in [0.25, 0.3) is 5.69 Å². The summed E-state index contributed by atoms with van der Waals surface area (Å²) >= 11 is 0. The summed E-state index contributed by atoms with van der Waals surface area (Å²) in [5, 5.41) is 19.8. The van der Waals surface area contributed by atoms with Crippen molar-refractivity contribution in [1.82, 2.24) is 0 Å². The molecule has 0 fully saturated rings. The van der Waals surface area contributed by atoms with Crippen molar-refractivity contribution in [2.24, 2.45) is 0 Å². The first-order valence-corrected chi connectivity index (χ1v) is 5.83. The Labute approximate surface area is 115 Å². The molecule has 0 amide bonds. The van der Waals surface area contributed by atoms with Gasteiger partial charge in [-0.05, 0) is 17.2 Å². The molecule has 0 saturated heterocycles. The van der Waals surface area contributed by atoms with Gasteiger partial charge in [-0.1, -0.05) is 48.6 Å². The average Bonchev–Trinajstić information content (AvgIpc) is 2.45. The number of aromatic carboxylic acids is 1. The lowest BCUT2D eigenvalue weighted by Gasteiger charge is -1.99. The third-order valence-electron chi connectivity index (χ3n) is 2.72. The molecule has 0 radical (unpaired) electrons. The largest absolute Gasteiger partial charge is 0.477 e. The van der Waals surface area contributed by atoms with Crippen molar-refractivity contribution in [2.45, 2.75) is 0 Å². The fraction of sp³-hybridized carbons (Fsp3) is 0. The second kappa shape index (κ2) is 5.79. The SMILES string of the molecule is O=C(O)c1ccc(/C=C/c2ccccc2)cc1[N+](=O)[O-]. The fourth-order valence-electron chi connectivity index (χ4n) is 1.74. The van der Waals surface area contributed by atoms with Crippen LogP contribution in [-0.4, -0.2) is 16.0 Å². The molecule has 2 rings (SSSR count). The molecular formula is C15H11NO4. The third kappa shape index (κ3) is 3.08. The molecule has 0 atom stereocenters. The normalized spacial score (nSPS) is 10.6. The van der Waals surface area contributed by atoms with E-state index in [9.17, 15) is 14.9 Å². The summed E-state index contributed by atoms with van der Waals surface area (Å²) in [4.78, 5) is 21.1. The summed E-state index contributed by atoms with van der Waals surface area (Å²) in [6.07, 6.45) is 3.51. The number of hydrogen-bond donors (Lipinski definition) is 1. The van der Waals surface area contributed by atoms with E-state index in [1.807, 2.05) is 30.3 Å². The highest BCUT2D eigenvalue weighted by Crippen LogP contribution is 2.21. The standard InChI is InChI=1S/C15H11NO4/c17-15(18)13-9-8-12(10-14(13)16(19)20)7-6-11-4-2-1-3-5-11/h1-10H,(H,17,18)/b7-6+. The molecule has 0 spiro atoms. The van der Waals surface area contributed by atoms with E-state index in [1.54, 1.807) is 12.2 Å². The van der Waals surface area contributed by atoms with E-state index in [2.05, 4.69) is 0 Å². The summed E-state index contributed by atoms with van der Waals surface area (Å²) in [6, 6.07) is 13.5. The Morgan fingerprint density at radius 2 is 1.70 bits per heavy atom. The lowest BCUT2D eigenvalue weighted by Crippen LogP contribution is -2.02. The van der Waals surface area contributed by atoms with Crippen LogP contribution in [0.15, 0.2) is 48.5 Å². The van der Waals surface area contributed by atoms with Crippen molar-refractivity contribution in [2.75, 3.05) is 0 Å². The third-order valence-corrected chi connectivity index (χ3v) is 2.72. The first kappa shape index (κ1) is 13.5. The second-order valence-corrected chi connectivity index (χ2v) is 4.08. The van der Waals surface area contributed by atoms with Crippen LogP contribution in [0.1, 0.15) is 21.5 Å². The highest BCUT2D eigenvalue weighted by molar-refractivity contribution is 5.93. The minimum Gasteiger partial charge on any atom is -0.477 e. The Morgan fingerprint density at radius 1 is 1.05 bits per heavy atom. The molecule has 2 aromatic carbocycles. The number of nitro benzene ring substituents is 1. The zero-order valence-electron chi connectivity index (χ0n) is 10.4. The average molecular weight is 269 g/mol. The molecule has 1 N–H and O–H groups in total. The predicted octanol–water partition coefficient (Wildman–Crippen LogP) is 3.46. The maximum absolute atomic E-state index is 10.9. The van der Waals surface area contributed by atoms with Gasteiger partial charge < -0.3 is 5.11 Å². The van der Waals surface area contributed by atoms with Crippen LogP contribution in [-0.2, 0) is 0 Å². The molecule has 0 aliphatic carbocycles. The van der Waals surface area contributed by atoms with Crippen molar-refractivity contribution >= 4 is 23.8 Å². The van der Waals surface area contributed by atoms with Gasteiger partial charge in [0.05, 0.1) is 4.92 Å². The van der Waals surface area contributed by atoms with Gasteiger partial charge in [-0.25, -0.2) is 4.79 Å². The van der Waals surface area contributed by atoms with Crippen LogP contribution in [0.2, 0.25) is 0 Å². The van der Waals surface area contributed by atoms with E-state index in [1.165, 1.54) is 18.2 Å². The van der Waals surface area contributed by atoms with E-state index in [4.69, 9.17) is 5.11 Å². The molecule has 20 heavy (non-hydrogen) atoms. The van der Waals surface area contributed by atoms with Gasteiger partial charge in [0.15, 0.2) is 0 Å². The minimum absolute atomic E-state index is 0.313. The molecule has 0 heterocycles. The van der Waals surface area contributed by atoms with Crippen LogP contribution in [0.3, 0.4) is 0 Å². The number of nitro groups is 1. The topological polar surface area (TPSA) is 80.4 Å². The predicted molar refractivity (Wildman–Crippen MR) is 75.4 cm³/mol. The van der Waals surface area contributed by atoms with Gasteiger partial charge >= 0.3 is 5.97 Å². The quantitative estimate of drug-likeness (QED) is 0.523. The Hall–Kier alpha value is -2.95. The Morgan fingerprint density at radius 3 is 2.30 bits per heavy atom. The van der Waals surface area contributed by atoms with Crippen LogP contribution in [0.5, 0.6) is 0 Å². The maximum Gasteiger partial charge on any atom is 0.342 e.